The monoisotopic (exact) mass is 1070 g/mol. The summed E-state index contributed by atoms with van der Waals surface area (Å²) in [5, 5.41) is 27.5. The molecule has 0 aromatic heterocycles. The van der Waals surface area contributed by atoms with Gasteiger partial charge in [0.05, 0.1) is 57.8 Å². The van der Waals surface area contributed by atoms with Gasteiger partial charge in [0.25, 0.3) is 0 Å². The molecule has 61 heavy (non-hydrogen) atoms. The van der Waals surface area contributed by atoms with E-state index >= 15 is 0 Å². The summed E-state index contributed by atoms with van der Waals surface area (Å²) < 4.78 is 12.4. The second kappa shape index (κ2) is 16.8. The number of aromatic hydroxyl groups is 2. The van der Waals surface area contributed by atoms with E-state index in [9.17, 15) is 39.0 Å². The molecule has 2 aliphatic carbocycles. The zero-order valence-corrected chi connectivity index (χ0v) is 37.4. The standard InChI is InChI=1S/C45H26Br4N2O10/c46-26-13-20(14-27(47)40(26)50-30-9-11-32(52)38-36(30)42(56)22-5-1-3-7-24(22)44(38)58)17-34(54)60-19-61-35(55)18-21-15-28(48)41(29(49)16-21)51-31-10-12-33(53)39-37(31)43(57)23-6-2-4-8-25(23)45(39)59/h1-16,50-53H,17-19H2. The molecule has 2 aliphatic rings. The average Bonchev–Trinajstić information content (AvgIpc) is 3.22. The van der Waals surface area contributed by atoms with Crippen LogP contribution in [0.15, 0.2) is 115 Å². The van der Waals surface area contributed by atoms with Crippen LogP contribution in [0, 0.1) is 0 Å². The van der Waals surface area contributed by atoms with Gasteiger partial charge >= 0.3 is 11.9 Å². The Kier molecular flexibility index (Phi) is 11.5. The Balaban J connectivity index is 0.880. The second-order valence-electron chi connectivity index (χ2n) is 13.8. The van der Waals surface area contributed by atoms with Gasteiger partial charge in [0.1, 0.15) is 11.5 Å². The number of carbonyl (C=O) groups is 6. The molecular formula is C45H26Br4N2O10. The molecule has 0 amide bonds. The highest BCUT2D eigenvalue weighted by Gasteiger charge is 2.36. The minimum atomic E-state index is -0.677. The van der Waals surface area contributed by atoms with E-state index in [4.69, 9.17) is 9.47 Å². The van der Waals surface area contributed by atoms with Crippen molar-refractivity contribution < 1.29 is 48.5 Å². The lowest BCUT2D eigenvalue weighted by molar-refractivity contribution is -0.166. The number of fused-ring (bicyclic) bond motifs is 4. The number of phenolic OH excluding ortho intramolecular Hbond substituents is 2. The van der Waals surface area contributed by atoms with E-state index in [-0.39, 0.29) is 68.8 Å². The van der Waals surface area contributed by atoms with Gasteiger partial charge in [-0.3, -0.25) is 28.8 Å². The molecule has 0 fully saturated rings. The lowest BCUT2D eigenvalue weighted by Crippen LogP contribution is -2.22. The van der Waals surface area contributed by atoms with E-state index in [0.29, 0.717) is 51.8 Å². The van der Waals surface area contributed by atoms with Crippen molar-refractivity contribution in [2.45, 2.75) is 12.8 Å². The van der Waals surface area contributed by atoms with E-state index in [0.717, 1.165) is 0 Å². The molecule has 0 unspecified atom stereocenters. The van der Waals surface area contributed by atoms with E-state index in [1.54, 1.807) is 72.8 Å². The molecule has 0 bridgehead atoms. The SMILES string of the molecule is O=C(Cc1cc(Br)c(Nc2ccc(O)c3c2C(=O)c2ccccc2C3=O)c(Br)c1)OCOC(=O)Cc1cc(Br)c(Nc2ccc(O)c3c2C(=O)c2ccccc2C3=O)c(Br)c1. The Morgan fingerprint density at radius 2 is 0.787 bits per heavy atom. The van der Waals surface area contributed by atoms with Crippen LogP contribution in [-0.2, 0) is 31.9 Å². The Morgan fingerprint density at radius 1 is 0.475 bits per heavy atom. The van der Waals surface area contributed by atoms with Crippen molar-refractivity contribution in [2.75, 3.05) is 17.4 Å². The molecule has 6 aromatic rings. The van der Waals surface area contributed by atoms with Gasteiger partial charge in [0.15, 0.2) is 23.1 Å². The van der Waals surface area contributed by atoms with Crippen LogP contribution in [-0.4, -0.2) is 52.1 Å². The minimum Gasteiger partial charge on any atom is -0.507 e. The van der Waals surface area contributed by atoms with E-state index < -0.39 is 41.9 Å². The molecule has 0 saturated carbocycles. The summed E-state index contributed by atoms with van der Waals surface area (Å²) in [5.74, 6) is -3.75. The number of esters is 2. The Morgan fingerprint density at radius 3 is 1.11 bits per heavy atom. The van der Waals surface area contributed by atoms with Crippen molar-refractivity contribution in [3.05, 3.63) is 171 Å². The number of rotatable bonds is 10. The number of nitrogens with one attached hydrogen (secondary N) is 2. The maximum absolute atomic E-state index is 13.5. The highest BCUT2D eigenvalue weighted by atomic mass is 79.9. The topological polar surface area (TPSA) is 185 Å². The largest absolute Gasteiger partial charge is 0.507 e. The van der Waals surface area contributed by atoms with Gasteiger partial charge in [-0.05, 0) is 123 Å². The number of hydrogen-bond donors (Lipinski definition) is 4. The summed E-state index contributed by atoms with van der Waals surface area (Å²) in [7, 11) is 0. The Hall–Kier alpha value is -5.94. The average molecular weight is 1070 g/mol. The van der Waals surface area contributed by atoms with Gasteiger partial charge in [-0.1, -0.05) is 48.5 Å². The van der Waals surface area contributed by atoms with Gasteiger partial charge in [-0.2, -0.15) is 0 Å². The highest BCUT2D eigenvalue weighted by molar-refractivity contribution is 9.11. The summed E-state index contributed by atoms with van der Waals surface area (Å²) >= 11 is 14.0. The van der Waals surface area contributed by atoms with Gasteiger partial charge in [-0.15, -0.1) is 0 Å². The Bertz CT molecular complexity index is 2710. The van der Waals surface area contributed by atoms with Crippen LogP contribution in [0.4, 0.5) is 22.7 Å². The smallest absolute Gasteiger partial charge is 0.313 e. The molecule has 16 heteroatoms. The van der Waals surface area contributed by atoms with Gasteiger partial charge in [-0.25, -0.2) is 0 Å². The molecule has 12 nitrogen and oxygen atoms in total. The lowest BCUT2D eigenvalue weighted by Gasteiger charge is -2.22. The van der Waals surface area contributed by atoms with Crippen molar-refractivity contribution in [2.24, 2.45) is 0 Å². The number of benzene rings is 6. The number of ether oxygens (including phenoxy) is 2. The van der Waals surface area contributed by atoms with Gasteiger partial charge in [0.2, 0.25) is 6.79 Å². The first-order chi connectivity index (χ1) is 29.2. The molecule has 4 N–H and O–H groups in total. The number of carbonyl (C=O) groups excluding carboxylic acids is 6. The number of hydrogen-bond acceptors (Lipinski definition) is 12. The van der Waals surface area contributed by atoms with Crippen molar-refractivity contribution in [1.82, 2.24) is 0 Å². The third-order valence-corrected chi connectivity index (χ3v) is 12.5. The minimum absolute atomic E-state index is 0.0352. The Labute approximate surface area is 379 Å². The predicted molar refractivity (Wildman–Crippen MR) is 238 cm³/mol. The van der Waals surface area contributed by atoms with E-state index in [2.05, 4.69) is 74.4 Å². The third kappa shape index (κ3) is 7.91. The molecule has 0 heterocycles. The zero-order chi connectivity index (χ0) is 43.3. The first-order valence-electron chi connectivity index (χ1n) is 18.1. The van der Waals surface area contributed by atoms with Crippen LogP contribution in [0.1, 0.15) is 74.8 Å². The van der Waals surface area contributed by atoms with Crippen LogP contribution in [0.3, 0.4) is 0 Å². The summed E-state index contributed by atoms with van der Waals surface area (Å²) in [6, 6.07) is 25.2. The molecular weight excluding hydrogens is 1050 g/mol. The normalized spacial score (nSPS) is 12.5. The van der Waals surface area contributed by atoms with Crippen LogP contribution >= 0.6 is 63.7 Å². The fourth-order valence-corrected chi connectivity index (χ4v) is 10.1. The fourth-order valence-electron chi connectivity index (χ4n) is 7.18. The number of anilines is 4. The van der Waals surface area contributed by atoms with Gasteiger partial charge < -0.3 is 30.3 Å². The molecule has 0 spiro atoms. The molecule has 0 radical (unpaired) electrons. The number of phenols is 2. The second-order valence-corrected chi connectivity index (χ2v) is 17.2. The lowest BCUT2D eigenvalue weighted by atomic mass is 9.82. The first-order valence-corrected chi connectivity index (χ1v) is 21.3. The summed E-state index contributed by atoms with van der Waals surface area (Å²) in [4.78, 5) is 79.1. The molecule has 304 valence electrons. The molecule has 0 saturated heterocycles. The van der Waals surface area contributed by atoms with E-state index in [1.165, 1.54) is 24.3 Å². The highest BCUT2D eigenvalue weighted by Crippen LogP contribution is 2.43. The van der Waals surface area contributed by atoms with Crippen LogP contribution in [0.2, 0.25) is 0 Å². The quantitative estimate of drug-likeness (QED) is 0.0578. The summed E-state index contributed by atoms with van der Waals surface area (Å²) in [6.45, 7) is -0.634. The van der Waals surface area contributed by atoms with E-state index in [1.807, 2.05) is 0 Å². The predicted octanol–water partition coefficient (Wildman–Crippen LogP) is 10.0. The maximum atomic E-state index is 13.5. The van der Waals surface area contributed by atoms with Crippen molar-refractivity contribution in [3.63, 3.8) is 0 Å². The molecule has 0 atom stereocenters. The maximum Gasteiger partial charge on any atom is 0.313 e. The molecule has 8 rings (SSSR count). The fraction of sp³-hybridized carbons (Fsp3) is 0.0667. The third-order valence-electron chi connectivity index (χ3n) is 9.97. The van der Waals surface area contributed by atoms with Crippen molar-refractivity contribution in [1.29, 1.82) is 0 Å². The number of halogens is 4. The summed E-state index contributed by atoms with van der Waals surface area (Å²) in [5.41, 5.74) is 3.38. The van der Waals surface area contributed by atoms with Gasteiger partial charge in [0, 0.05) is 40.1 Å². The van der Waals surface area contributed by atoms with Crippen LogP contribution in [0.25, 0.3) is 0 Å². The zero-order valence-electron chi connectivity index (χ0n) is 31.0. The first kappa shape index (κ1) is 41.8. The number of ketones is 4. The van der Waals surface area contributed by atoms with Crippen LogP contribution < -0.4 is 10.6 Å². The van der Waals surface area contributed by atoms with Crippen LogP contribution in [0.5, 0.6) is 11.5 Å². The summed E-state index contributed by atoms with van der Waals surface area (Å²) in [6.07, 6.45) is -0.365. The van der Waals surface area contributed by atoms with Crippen molar-refractivity contribution >= 4 is 122 Å². The van der Waals surface area contributed by atoms with Crippen molar-refractivity contribution in [3.8, 4) is 11.5 Å². The molecule has 0 aliphatic heterocycles. The molecule has 6 aromatic carbocycles.